The Balaban J connectivity index is 1.85. The molecular formula is C15H19N3O2. The number of nitrogens with two attached hydrogens (primary N) is 1. The molecule has 0 fully saturated rings. The maximum atomic E-state index is 5.69. The van der Waals surface area contributed by atoms with Crippen LogP contribution in [0.15, 0.2) is 36.5 Å². The molecule has 2 aromatic rings. The van der Waals surface area contributed by atoms with E-state index in [9.17, 15) is 0 Å². The van der Waals surface area contributed by atoms with E-state index in [0.29, 0.717) is 18.8 Å². The average Bonchev–Trinajstić information content (AvgIpc) is 2.44. The van der Waals surface area contributed by atoms with Gasteiger partial charge in [0, 0.05) is 24.0 Å². The highest BCUT2D eigenvalue weighted by molar-refractivity contribution is 5.55. The SMILES string of the molecule is COc1cnc(C)cc1NCCOc1cccc(N)c1. The van der Waals surface area contributed by atoms with Crippen LogP contribution in [-0.4, -0.2) is 25.2 Å². The number of aromatic nitrogens is 1. The molecular weight excluding hydrogens is 254 g/mol. The summed E-state index contributed by atoms with van der Waals surface area (Å²) in [6.45, 7) is 3.14. The molecule has 0 aliphatic carbocycles. The topological polar surface area (TPSA) is 69.4 Å². The van der Waals surface area contributed by atoms with Crippen molar-refractivity contribution in [1.29, 1.82) is 0 Å². The van der Waals surface area contributed by atoms with E-state index >= 15 is 0 Å². The Bertz CT molecular complexity index is 573. The van der Waals surface area contributed by atoms with Gasteiger partial charge in [0.05, 0.1) is 19.0 Å². The first kappa shape index (κ1) is 14.0. The Morgan fingerprint density at radius 2 is 2.15 bits per heavy atom. The van der Waals surface area contributed by atoms with Gasteiger partial charge in [0.15, 0.2) is 5.75 Å². The van der Waals surface area contributed by atoms with Crippen LogP contribution in [-0.2, 0) is 0 Å². The second-order valence-corrected chi connectivity index (χ2v) is 4.37. The number of pyridine rings is 1. The number of anilines is 2. The highest BCUT2D eigenvalue weighted by atomic mass is 16.5. The van der Waals surface area contributed by atoms with Gasteiger partial charge in [-0.2, -0.15) is 0 Å². The summed E-state index contributed by atoms with van der Waals surface area (Å²) in [5.41, 5.74) is 8.23. The molecule has 2 rings (SSSR count). The smallest absolute Gasteiger partial charge is 0.160 e. The maximum absolute atomic E-state index is 5.69. The fourth-order valence-electron chi connectivity index (χ4n) is 1.81. The van der Waals surface area contributed by atoms with Gasteiger partial charge in [-0.3, -0.25) is 4.98 Å². The first-order valence-electron chi connectivity index (χ1n) is 6.42. The van der Waals surface area contributed by atoms with Crippen molar-refractivity contribution in [2.75, 3.05) is 31.3 Å². The summed E-state index contributed by atoms with van der Waals surface area (Å²) < 4.78 is 10.9. The molecule has 0 unspecified atom stereocenters. The number of nitrogen functional groups attached to an aromatic ring is 1. The Morgan fingerprint density at radius 3 is 2.90 bits per heavy atom. The van der Waals surface area contributed by atoms with Gasteiger partial charge in [-0.25, -0.2) is 0 Å². The van der Waals surface area contributed by atoms with Gasteiger partial charge in [-0.1, -0.05) is 6.07 Å². The Kier molecular flexibility index (Phi) is 4.65. The molecule has 1 heterocycles. The number of benzene rings is 1. The van der Waals surface area contributed by atoms with Crippen LogP contribution in [0.3, 0.4) is 0 Å². The molecule has 0 spiro atoms. The second-order valence-electron chi connectivity index (χ2n) is 4.37. The molecule has 1 aromatic heterocycles. The van der Waals surface area contributed by atoms with Crippen LogP contribution in [0.2, 0.25) is 0 Å². The van der Waals surface area contributed by atoms with Crippen molar-refractivity contribution in [2.24, 2.45) is 0 Å². The van der Waals surface area contributed by atoms with Gasteiger partial charge in [0.1, 0.15) is 12.4 Å². The Hall–Kier alpha value is -2.43. The van der Waals surface area contributed by atoms with Crippen molar-refractivity contribution in [3.8, 4) is 11.5 Å². The fourth-order valence-corrected chi connectivity index (χ4v) is 1.81. The fraction of sp³-hybridized carbons (Fsp3) is 0.267. The third-order valence-corrected chi connectivity index (χ3v) is 2.77. The van der Waals surface area contributed by atoms with Gasteiger partial charge < -0.3 is 20.5 Å². The predicted molar refractivity (Wildman–Crippen MR) is 80.4 cm³/mol. The van der Waals surface area contributed by atoms with Crippen molar-refractivity contribution in [3.63, 3.8) is 0 Å². The van der Waals surface area contributed by atoms with Crippen molar-refractivity contribution < 1.29 is 9.47 Å². The zero-order valence-corrected chi connectivity index (χ0v) is 11.7. The lowest BCUT2D eigenvalue weighted by molar-refractivity contribution is 0.332. The molecule has 106 valence electrons. The lowest BCUT2D eigenvalue weighted by Crippen LogP contribution is -2.12. The number of hydrogen-bond acceptors (Lipinski definition) is 5. The average molecular weight is 273 g/mol. The van der Waals surface area contributed by atoms with Crippen LogP contribution < -0.4 is 20.5 Å². The minimum Gasteiger partial charge on any atom is -0.493 e. The number of aryl methyl sites for hydroxylation is 1. The zero-order valence-electron chi connectivity index (χ0n) is 11.7. The number of hydrogen-bond donors (Lipinski definition) is 2. The van der Waals surface area contributed by atoms with Crippen LogP contribution in [0, 0.1) is 6.92 Å². The quantitative estimate of drug-likeness (QED) is 0.625. The maximum Gasteiger partial charge on any atom is 0.160 e. The lowest BCUT2D eigenvalue weighted by atomic mass is 10.3. The molecule has 0 amide bonds. The summed E-state index contributed by atoms with van der Waals surface area (Å²) in [6.07, 6.45) is 1.70. The summed E-state index contributed by atoms with van der Waals surface area (Å²) >= 11 is 0. The molecule has 0 saturated heterocycles. The molecule has 0 atom stereocenters. The highest BCUT2D eigenvalue weighted by Gasteiger charge is 2.03. The number of ether oxygens (including phenoxy) is 2. The van der Waals surface area contributed by atoms with Crippen LogP contribution in [0.4, 0.5) is 11.4 Å². The molecule has 5 heteroatoms. The predicted octanol–water partition coefficient (Wildman–Crippen LogP) is 2.47. The molecule has 3 N–H and O–H groups in total. The highest BCUT2D eigenvalue weighted by Crippen LogP contribution is 2.23. The van der Waals surface area contributed by atoms with Gasteiger partial charge in [0.25, 0.3) is 0 Å². The van der Waals surface area contributed by atoms with Crippen molar-refractivity contribution in [2.45, 2.75) is 6.92 Å². The summed E-state index contributed by atoms with van der Waals surface area (Å²) in [7, 11) is 1.63. The van der Waals surface area contributed by atoms with Crippen LogP contribution >= 0.6 is 0 Å². The molecule has 1 aromatic carbocycles. The van der Waals surface area contributed by atoms with Crippen molar-refractivity contribution in [3.05, 3.63) is 42.2 Å². The Labute approximate surface area is 118 Å². The summed E-state index contributed by atoms with van der Waals surface area (Å²) in [4.78, 5) is 4.19. The zero-order chi connectivity index (χ0) is 14.4. The standard InChI is InChI=1S/C15H19N3O2/c1-11-8-14(15(19-2)10-18-11)17-6-7-20-13-5-3-4-12(16)9-13/h3-5,8-10H,6-7,16H2,1-2H3,(H,17,18). The van der Waals surface area contributed by atoms with Crippen LogP contribution in [0.5, 0.6) is 11.5 Å². The summed E-state index contributed by atoms with van der Waals surface area (Å²) in [6, 6.07) is 9.33. The van der Waals surface area contributed by atoms with Gasteiger partial charge in [0.2, 0.25) is 0 Å². The molecule has 5 nitrogen and oxygen atoms in total. The third kappa shape index (κ3) is 3.78. The van der Waals surface area contributed by atoms with E-state index in [1.54, 1.807) is 19.4 Å². The molecule has 0 bridgehead atoms. The number of rotatable bonds is 6. The summed E-state index contributed by atoms with van der Waals surface area (Å²) in [5, 5.41) is 3.27. The Morgan fingerprint density at radius 1 is 1.30 bits per heavy atom. The first-order chi connectivity index (χ1) is 9.69. The monoisotopic (exact) mass is 273 g/mol. The van der Waals surface area contributed by atoms with Crippen LogP contribution in [0.1, 0.15) is 5.69 Å². The van der Waals surface area contributed by atoms with E-state index in [-0.39, 0.29) is 0 Å². The van der Waals surface area contributed by atoms with E-state index < -0.39 is 0 Å². The lowest BCUT2D eigenvalue weighted by Gasteiger charge is -2.12. The summed E-state index contributed by atoms with van der Waals surface area (Å²) in [5.74, 6) is 1.49. The minimum atomic E-state index is 0.536. The van der Waals surface area contributed by atoms with Crippen molar-refractivity contribution in [1.82, 2.24) is 4.98 Å². The van der Waals surface area contributed by atoms with E-state index in [1.807, 2.05) is 31.2 Å². The van der Waals surface area contributed by atoms with E-state index in [4.69, 9.17) is 15.2 Å². The minimum absolute atomic E-state index is 0.536. The van der Waals surface area contributed by atoms with Gasteiger partial charge in [-0.15, -0.1) is 0 Å². The second kappa shape index (κ2) is 6.65. The number of nitrogens with one attached hydrogen (secondary N) is 1. The number of nitrogens with zero attached hydrogens (tertiary/aromatic N) is 1. The van der Waals surface area contributed by atoms with E-state index in [2.05, 4.69) is 10.3 Å². The largest absolute Gasteiger partial charge is 0.493 e. The molecule has 0 aliphatic rings. The number of methoxy groups -OCH3 is 1. The van der Waals surface area contributed by atoms with Gasteiger partial charge >= 0.3 is 0 Å². The van der Waals surface area contributed by atoms with Crippen LogP contribution in [0.25, 0.3) is 0 Å². The molecule has 0 saturated carbocycles. The van der Waals surface area contributed by atoms with E-state index in [1.165, 1.54) is 0 Å². The van der Waals surface area contributed by atoms with Gasteiger partial charge in [-0.05, 0) is 25.1 Å². The third-order valence-electron chi connectivity index (χ3n) is 2.77. The first-order valence-corrected chi connectivity index (χ1v) is 6.42. The molecule has 0 radical (unpaired) electrons. The normalized spacial score (nSPS) is 10.1. The van der Waals surface area contributed by atoms with E-state index in [0.717, 1.165) is 22.9 Å². The van der Waals surface area contributed by atoms with Crippen molar-refractivity contribution >= 4 is 11.4 Å². The molecule has 20 heavy (non-hydrogen) atoms. The molecule has 0 aliphatic heterocycles.